The first-order valence-corrected chi connectivity index (χ1v) is 19.9. The Morgan fingerprint density at radius 2 is 0.983 bits per heavy atom. The van der Waals surface area contributed by atoms with E-state index < -0.39 is 6.04 Å². The smallest absolute Gasteiger partial charge is 0.150 e. The minimum atomic E-state index is -0.454. The Kier molecular flexibility index (Phi) is 18.9. The molecule has 0 aliphatic heterocycles. The molecule has 0 unspecified atom stereocenters. The first kappa shape index (κ1) is 45.9. The third kappa shape index (κ3) is 13.9. The lowest BCUT2D eigenvalue weighted by molar-refractivity contribution is 0.112. The number of hydrogen-bond acceptors (Lipinski definition) is 7. The summed E-state index contributed by atoms with van der Waals surface area (Å²) < 4.78 is 0. The summed E-state index contributed by atoms with van der Waals surface area (Å²) in [5.74, 6) is 0. The van der Waals surface area contributed by atoms with Crippen molar-refractivity contribution in [2.75, 3.05) is 26.4 Å². The quantitative estimate of drug-likeness (QED) is 0.0480. The molecule has 0 radical (unpaired) electrons. The molecule has 59 heavy (non-hydrogen) atoms. The molecule has 306 valence electrons. The molecule has 0 fully saturated rings. The molecule has 0 saturated carbocycles. The zero-order valence-corrected chi connectivity index (χ0v) is 34.6. The van der Waals surface area contributed by atoms with E-state index in [-0.39, 0.29) is 32.5 Å². The van der Waals surface area contributed by atoms with E-state index in [9.17, 15) is 4.79 Å². The van der Waals surface area contributed by atoms with E-state index in [0.717, 1.165) is 23.0 Å². The van der Waals surface area contributed by atoms with E-state index in [0.29, 0.717) is 12.1 Å². The number of rotatable bonds is 14. The highest BCUT2D eigenvalue weighted by Crippen LogP contribution is 2.28. The van der Waals surface area contributed by atoms with Crippen LogP contribution in [0.25, 0.3) is 46.6 Å². The molecule has 0 aliphatic carbocycles. The van der Waals surface area contributed by atoms with E-state index in [1.54, 1.807) is 0 Å². The van der Waals surface area contributed by atoms with Gasteiger partial charge in [0.2, 0.25) is 0 Å². The van der Waals surface area contributed by atoms with Crippen molar-refractivity contribution in [2.24, 2.45) is 5.73 Å². The SMILES string of the molecule is Cc1cc(C=O)ccc1/C=C/c1cccc(-c2ccccc2)c1C.Cc1cc(CNC(CO)CO)ccc1/C=C/c1cccc(-c2ccccc2)c1C.NC(CO)CO. The Labute approximate surface area is 349 Å². The van der Waals surface area contributed by atoms with Crippen molar-refractivity contribution in [3.8, 4) is 22.3 Å². The molecule has 7 heteroatoms. The van der Waals surface area contributed by atoms with Crippen LogP contribution in [0.4, 0.5) is 0 Å². The number of aryl methyl sites for hydroxylation is 2. The number of carbonyl (C=O) groups is 1. The second-order valence-electron chi connectivity index (χ2n) is 14.4. The van der Waals surface area contributed by atoms with Crippen LogP contribution in [-0.4, -0.2) is 65.2 Å². The average molecular weight is 791 g/mol. The molecule has 6 aromatic carbocycles. The van der Waals surface area contributed by atoms with Gasteiger partial charge in [0, 0.05) is 12.1 Å². The first-order valence-electron chi connectivity index (χ1n) is 19.9. The lowest BCUT2D eigenvalue weighted by atomic mass is 9.95. The molecular weight excluding hydrogens is 733 g/mol. The maximum atomic E-state index is 10.8. The van der Waals surface area contributed by atoms with Gasteiger partial charge in [-0.05, 0) is 106 Å². The second-order valence-corrected chi connectivity index (χ2v) is 14.4. The maximum absolute atomic E-state index is 10.8. The van der Waals surface area contributed by atoms with Gasteiger partial charge in [-0.1, -0.05) is 152 Å². The van der Waals surface area contributed by atoms with Crippen LogP contribution in [0, 0.1) is 27.7 Å². The number of hydrogen-bond donors (Lipinski definition) is 6. The van der Waals surface area contributed by atoms with Crippen LogP contribution in [-0.2, 0) is 6.54 Å². The predicted octanol–water partition coefficient (Wildman–Crippen LogP) is 8.84. The average Bonchev–Trinajstić information content (AvgIpc) is 3.27. The Morgan fingerprint density at radius 1 is 0.525 bits per heavy atom. The van der Waals surface area contributed by atoms with Gasteiger partial charge in [-0.3, -0.25) is 4.79 Å². The third-order valence-electron chi connectivity index (χ3n) is 10.1. The molecule has 7 N–H and O–H groups in total. The highest BCUT2D eigenvalue weighted by Gasteiger charge is 2.08. The largest absolute Gasteiger partial charge is 0.395 e. The molecule has 7 nitrogen and oxygen atoms in total. The van der Waals surface area contributed by atoms with Gasteiger partial charge >= 0.3 is 0 Å². The Balaban J connectivity index is 0.000000232. The summed E-state index contributed by atoms with van der Waals surface area (Å²) in [7, 11) is 0. The molecule has 0 atom stereocenters. The van der Waals surface area contributed by atoms with Crippen LogP contribution in [0.3, 0.4) is 0 Å². The van der Waals surface area contributed by atoms with E-state index in [2.05, 4.69) is 154 Å². The van der Waals surface area contributed by atoms with E-state index in [1.165, 1.54) is 55.6 Å². The van der Waals surface area contributed by atoms with Crippen LogP contribution >= 0.6 is 0 Å². The maximum Gasteiger partial charge on any atom is 0.150 e. The zero-order chi connectivity index (χ0) is 42.6. The van der Waals surface area contributed by atoms with Crippen molar-refractivity contribution in [2.45, 2.75) is 46.3 Å². The van der Waals surface area contributed by atoms with Gasteiger partial charge in [-0.2, -0.15) is 0 Å². The fraction of sp³-hybridized carbons (Fsp3) is 0.212. The highest BCUT2D eigenvalue weighted by molar-refractivity contribution is 5.81. The standard InChI is InChI=1S/C26H29NO2.C23H20O.C3H9NO2/c1-19-15-21(16-27-25(17-28)18-29)11-12-22(19)13-14-23-9-6-10-26(20(23)2)24-7-4-3-5-8-24;1-17-15-19(16-24)11-12-20(17)13-14-21-9-6-10-23(18(21)2)22-7-4-3-5-8-22;4-3(1-5)2-6/h3-15,25,27-29H,16-18H2,1-2H3;3-16H,1-2H3;3,5-6H,1-2,4H2/b2*14-13+;. The number of carbonyl (C=O) groups excluding carboxylic acids is 1. The molecule has 0 bridgehead atoms. The summed E-state index contributed by atoms with van der Waals surface area (Å²) in [6, 6.07) is 45.1. The molecule has 0 aromatic heterocycles. The highest BCUT2D eigenvalue weighted by atomic mass is 16.3. The number of aliphatic hydroxyl groups is 4. The van der Waals surface area contributed by atoms with Crippen molar-refractivity contribution in [1.29, 1.82) is 0 Å². The van der Waals surface area contributed by atoms with Crippen molar-refractivity contribution in [3.05, 3.63) is 189 Å². The number of nitrogens with two attached hydrogens (primary N) is 1. The van der Waals surface area contributed by atoms with Gasteiger partial charge in [-0.25, -0.2) is 0 Å². The Hall–Kier alpha value is -5.77. The van der Waals surface area contributed by atoms with Crippen LogP contribution in [0.15, 0.2) is 133 Å². The van der Waals surface area contributed by atoms with Gasteiger partial charge in [0.15, 0.2) is 0 Å². The molecule has 0 heterocycles. The van der Waals surface area contributed by atoms with E-state index in [1.807, 2.05) is 37.3 Å². The fourth-order valence-corrected chi connectivity index (χ4v) is 6.39. The van der Waals surface area contributed by atoms with E-state index >= 15 is 0 Å². The topological polar surface area (TPSA) is 136 Å². The van der Waals surface area contributed by atoms with Crippen molar-refractivity contribution < 1.29 is 25.2 Å². The van der Waals surface area contributed by atoms with Crippen molar-refractivity contribution in [3.63, 3.8) is 0 Å². The fourth-order valence-electron chi connectivity index (χ4n) is 6.39. The molecule has 6 rings (SSSR count). The summed E-state index contributed by atoms with van der Waals surface area (Å²) in [5, 5.41) is 37.6. The molecule has 6 aromatic rings. The van der Waals surface area contributed by atoms with Gasteiger partial charge in [0.05, 0.1) is 38.5 Å². The zero-order valence-electron chi connectivity index (χ0n) is 34.6. The van der Waals surface area contributed by atoms with Crippen LogP contribution in [0.2, 0.25) is 0 Å². The molecular formula is C52H58N2O5. The van der Waals surface area contributed by atoms with Crippen molar-refractivity contribution >= 4 is 30.6 Å². The number of aliphatic hydroxyl groups excluding tert-OH is 4. The normalized spacial score (nSPS) is 11.1. The third-order valence-corrected chi connectivity index (χ3v) is 10.1. The summed E-state index contributed by atoms with van der Waals surface area (Å²) in [4.78, 5) is 10.8. The van der Waals surface area contributed by atoms with Gasteiger partial charge in [0.25, 0.3) is 0 Å². The van der Waals surface area contributed by atoms with E-state index in [4.69, 9.17) is 26.2 Å². The second kappa shape index (κ2) is 24.2. The summed E-state index contributed by atoms with van der Waals surface area (Å²) in [6.07, 6.45) is 9.48. The Morgan fingerprint density at radius 3 is 1.39 bits per heavy atom. The van der Waals surface area contributed by atoms with Crippen LogP contribution in [0.1, 0.15) is 60.4 Å². The molecule has 0 aliphatic rings. The summed E-state index contributed by atoms with van der Waals surface area (Å²) in [6.45, 7) is 8.65. The van der Waals surface area contributed by atoms with Crippen LogP contribution < -0.4 is 11.1 Å². The summed E-state index contributed by atoms with van der Waals surface area (Å²) >= 11 is 0. The van der Waals surface area contributed by atoms with Crippen LogP contribution in [0.5, 0.6) is 0 Å². The van der Waals surface area contributed by atoms with Crippen molar-refractivity contribution in [1.82, 2.24) is 5.32 Å². The number of benzene rings is 6. The molecule has 0 spiro atoms. The number of aldehydes is 1. The predicted molar refractivity (Wildman–Crippen MR) is 246 cm³/mol. The lowest BCUT2D eigenvalue weighted by Crippen LogP contribution is -2.35. The molecule has 0 amide bonds. The minimum absolute atomic E-state index is 0.0717. The Bertz CT molecular complexity index is 2260. The minimum Gasteiger partial charge on any atom is -0.395 e. The summed E-state index contributed by atoms with van der Waals surface area (Å²) in [5.41, 5.74) is 21.4. The monoisotopic (exact) mass is 790 g/mol. The van der Waals surface area contributed by atoms with Gasteiger partial charge < -0.3 is 31.5 Å². The van der Waals surface area contributed by atoms with Gasteiger partial charge in [0.1, 0.15) is 6.29 Å². The lowest BCUT2D eigenvalue weighted by Gasteiger charge is -2.14. The molecule has 0 saturated heterocycles. The van der Waals surface area contributed by atoms with Gasteiger partial charge in [-0.15, -0.1) is 0 Å². The first-order chi connectivity index (χ1) is 28.6. The number of nitrogens with one attached hydrogen (secondary N) is 1.